The first-order valence-corrected chi connectivity index (χ1v) is 10.5. The number of aromatic amines is 1. The van der Waals surface area contributed by atoms with Gasteiger partial charge in [0.25, 0.3) is 0 Å². The van der Waals surface area contributed by atoms with Crippen LogP contribution in [0.25, 0.3) is 10.9 Å². The Morgan fingerprint density at radius 2 is 1.89 bits per heavy atom. The van der Waals surface area contributed by atoms with Gasteiger partial charge in [-0.05, 0) is 47.6 Å². The van der Waals surface area contributed by atoms with Crippen LogP contribution < -0.4 is 5.32 Å². The summed E-state index contributed by atoms with van der Waals surface area (Å²) in [4.78, 5) is 16.1. The number of hydrogen-bond donors (Lipinski definition) is 2. The van der Waals surface area contributed by atoms with Crippen LogP contribution in [0.15, 0.2) is 48.7 Å². The average molecular weight is 397 g/mol. The van der Waals surface area contributed by atoms with Crippen molar-refractivity contribution in [2.24, 2.45) is 5.92 Å². The van der Waals surface area contributed by atoms with Gasteiger partial charge < -0.3 is 10.3 Å². The maximum Gasteiger partial charge on any atom is 0.220 e. The largest absolute Gasteiger partial charge is 0.361 e. The molecule has 3 rings (SSSR count). The minimum Gasteiger partial charge on any atom is -0.361 e. The zero-order chi connectivity index (χ0) is 20.1. The quantitative estimate of drug-likeness (QED) is 0.477. The van der Waals surface area contributed by atoms with Crippen LogP contribution in [0.1, 0.15) is 56.2 Å². The molecule has 3 aromatic rings. The number of rotatable bonds is 8. The number of halogens is 1. The highest BCUT2D eigenvalue weighted by molar-refractivity contribution is 6.30. The predicted octanol–water partition coefficient (Wildman–Crippen LogP) is 6.07. The number of H-pyrrole nitrogens is 1. The van der Waals surface area contributed by atoms with Gasteiger partial charge in [-0.15, -0.1) is 0 Å². The Balaban J connectivity index is 1.93. The summed E-state index contributed by atoms with van der Waals surface area (Å²) in [7, 11) is 0. The van der Waals surface area contributed by atoms with E-state index in [0.29, 0.717) is 17.4 Å². The zero-order valence-corrected chi connectivity index (χ0v) is 17.6. The fourth-order valence-corrected chi connectivity index (χ4v) is 3.81. The number of nitrogens with one attached hydrogen (secondary N) is 2. The third-order valence-corrected chi connectivity index (χ3v) is 5.55. The van der Waals surface area contributed by atoms with Crippen molar-refractivity contribution in [1.29, 1.82) is 0 Å². The summed E-state index contributed by atoms with van der Waals surface area (Å²) in [6.45, 7) is 7.21. The monoisotopic (exact) mass is 396 g/mol. The maximum atomic E-state index is 12.7. The Hall–Kier alpha value is -2.26. The van der Waals surface area contributed by atoms with E-state index in [2.05, 4.69) is 55.5 Å². The molecule has 0 saturated carbocycles. The smallest absolute Gasteiger partial charge is 0.220 e. The number of carbonyl (C=O) groups excluding carboxylic acids is 1. The first kappa shape index (κ1) is 20.5. The first-order chi connectivity index (χ1) is 13.5. The Kier molecular flexibility index (Phi) is 6.79. The van der Waals surface area contributed by atoms with Crippen molar-refractivity contribution < 1.29 is 4.79 Å². The molecule has 1 atom stereocenters. The third kappa shape index (κ3) is 4.77. The molecule has 0 saturated heterocycles. The van der Waals surface area contributed by atoms with Gasteiger partial charge in [-0.2, -0.15) is 0 Å². The van der Waals surface area contributed by atoms with E-state index in [1.54, 1.807) is 0 Å². The summed E-state index contributed by atoms with van der Waals surface area (Å²) in [6, 6.07) is 14.2. The summed E-state index contributed by atoms with van der Waals surface area (Å²) in [5.74, 6) is 0.646. The standard InChI is InChI=1S/C24H29ClN2O/c1-4-17-6-5-7-20-22(15-27-24(17)20)21(18-8-10-19(25)11-9-18)14-23(28)26-13-12-16(2)3/h5-11,15-16,21,27H,4,12-14H2,1-3H3,(H,26,28)/t21-/m1/s1. The molecule has 4 heteroatoms. The van der Waals surface area contributed by atoms with Crippen LogP contribution >= 0.6 is 11.6 Å². The van der Waals surface area contributed by atoms with Gasteiger partial charge in [0.05, 0.1) is 0 Å². The van der Waals surface area contributed by atoms with Gasteiger partial charge in [-0.3, -0.25) is 4.79 Å². The van der Waals surface area contributed by atoms with Gasteiger partial charge >= 0.3 is 0 Å². The van der Waals surface area contributed by atoms with E-state index in [1.165, 1.54) is 16.5 Å². The molecular weight excluding hydrogens is 368 g/mol. The SMILES string of the molecule is CCc1cccc2c([C@H](CC(=O)NCCC(C)C)c3ccc(Cl)cc3)c[nH]c12. The van der Waals surface area contributed by atoms with Crippen molar-refractivity contribution in [3.63, 3.8) is 0 Å². The Morgan fingerprint density at radius 1 is 1.14 bits per heavy atom. The minimum absolute atomic E-state index is 0.0165. The van der Waals surface area contributed by atoms with Crippen molar-refractivity contribution >= 4 is 28.4 Å². The number of hydrogen-bond acceptors (Lipinski definition) is 1. The molecule has 0 fully saturated rings. The van der Waals surface area contributed by atoms with Gasteiger partial charge in [0, 0.05) is 41.0 Å². The van der Waals surface area contributed by atoms with E-state index in [1.807, 2.05) is 24.3 Å². The van der Waals surface area contributed by atoms with Crippen LogP contribution in [0.2, 0.25) is 5.02 Å². The second kappa shape index (κ2) is 9.29. The summed E-state index contributed by atoms with van der Waals surface area (Å²) in [5.41, 5.74) is 4.72. The molecule has 1 aromatic heterocycles. The number of amides is 1. The van der Waals surface area contributed by atoms with Crippen LogP contribution in [0.4, 0.5) is 0 Å². The van der Waals surface area contributed by atoms with Gasteiger partial charge in [0.15, 0.2) is 0 Å². The molecule has 1 amide bonds. The van der Waals surface area contributed by atoms with Crippen LogP contribution in [0, 0.1) is 5.92 Å². The highest BCUT2D eigenvalue weighted by Crippen LogP contribution is 2.35. The van der Waals surface area contributed by atoms with Gasteiger partial charge in [0.1, 0.15) is 0 Å². The molecule has 2 N–H and O–H groups in total. The molecule has 3 nitrogen and oxygen atoms in total. The molecule has 0 unspecified atom stereocenters. The van der Waals surface area contributed by atoms with E-state index in [-0.39, 0.29) is 11.8 Å². The van der Waals surface area contributed by atoms with E-state index in [9.17, 15) is 4.79 Å². The lowest BCUT2D eigenvalue weighted by Crippen LogP contribution is -2.27. The topological polar surface area (TPSA) is 44.9 Å². The average Bonchev–Trinajstić information content (AvgIpc) is 3.10. The van der Waals surface area contributed by atoms with Crippen LogP contribution in [0.3, 0.4) is 0 Å². The van der Waals surface area contributed by atoms with Crippen molar-refractivity contribution in [3.05, 3.63) is 70.4 Å². The van der Waals surface area contributed by atoms with Crippen LogP contribution in [-0.4, -0.2) is 17.4 Å². The summed E-state index contributed by atoms with van der Waals surface area (Å²) >= 11 is 6.09. The van der Waals surface area contributed by atoms with Gasteiger partial charge in [-0.1, -0.05) is 62.7 Å². The summed E-state index contributed by atoms with van der Waals surface area (Å²) in [5, 5.41) is 4.98. The first-order valence-electron chi connectivity index (χ1n) is 10.1. The van der Waals surface area contributed by atoms with E-state index < -0.39 is 0 Å². The van der Waals surface area contributed by atoms with E-state index in [0.717, 1.165) is 30.5 Å². The second-order valence-electron chi connectivity index (χ2n) is 7.78. The van der Waals surface area contributed by atoms with Crippen molar-refractivity contribution in [1.82, 2.24) is 10.3 Å². The lowest BCUT2D eigenvalue weighted by atomic mass is 9.87. The Bertz CT molecular complexity index is 927. The Morgan fingerprint density at radius 3 is 2.57 bits per heavy atom. The molecule has 0 spiro atoms. The molecule has 1 heterocycles. The molecule has 0 bridgehead atoms. The molecule has 2 aromatic carbocycles. The number of aromatic nitrogens is 1. The fourth-order valence-electron chi connectivity index (χ4n) is 3.68. The fraction of sp³-hybridized carbons (Fsp3) is 0.375. The van der Waals surface area contributed by atoms with Crippen molar-refractivity contribution in [2.45, 2.75) is 46.0 Å². The number of para-hydroxylation sites is 1. The van der Waals surface area contributed by atoms with Crippen LogP contribution in [-0.2, 0) is 11.2 Å². The number of aryl methyl sites for hydroxylation is 1. The predicted molar refractivity (Wildman–Crippen MR) is 118 cm³/mol. The maximum absolute atomic E-state index is 12.7. The zero-order valence-electron chi connectivity index (χ0n) is 16.9. The third-order valence-electron chi connectivity index (χ3n) is 5.30. The molecule has 0 aliphatic rings. The Labute approximate surface area is 172 Å². The van der Waals surface area contributed by atoms with Crippen LogP contribution in [0.5, 0.6) is 0 Å². The van der Waals surface area contributed by atoms with E-state index >= 15 is 0 Å². The molecule has 0 radical (unpaired) electrons. The van der Waals surface area contributed by atoms with Crippen molar-refractivity contribution in [2.75, 3.05) is 6.54 Å². The normalized spacial score (nSPS) is 12.5. The molecule has 28 heavy (non-hydrogen) atoms. The highest BCUT2D eigenvalue weighted by Gasteiger charge is 2.22. The minimum atomic E-state index is -0.0165. The van der Waals surface area contributed by atoms with E-state index in [4.69, 9.17) is 11.6 Å². The second-order valence-corrected chi connectivity index (χ2v) is 8.21. The highest BCUT2D eigenvalue weighted by atomic mass is 35.5. The lowest BCUT2D eigenvalue weighted by molar-refractivity contribution is -0.121. The number of benzene rings is 2. The summed E-state index contributed by atoms with van der Waals surface area (Å²) < 4.78 is 0. The van der Waals surface area contributed by atoms with Gasteiger partial charge in [0.2, 0.25) is 5.91 Å². The summed E-state index contributed by atoms with van der Waals surface area (Å²) in [6.07, 6.45) is 4.44. The molecule has 148 valence electrons. The molecule has 0 aliphatic carbocycles. The molecule has 0 aliphatic heterocycles. The number of fused-ring (bicyclic) bond motifs is 1. The lowest BCUT2D eigenvalue weighted by Gasteiger charge is -2.18. The molecular formula is C24H29ClN2O. The van der Waals surface area contributed by atoms with Gasteiger partial charge in [-0.25, -0.2) is 0 Å². The number of carbonyl (C=O) groups is 1. The van der Waals surface area contributed by atoms with Crippen molar-refractivity contribution in [3.8, 4) is 0 Å².